The number of ether oxygens (including phenoxy) is 1. The average molecular weight is 257 g/mol. The van der Waals surface area contributed by atoms with E-state index in [1.807, 2.05) is 0 Å². The number of hydrogen-bond acceptors (Lipinski definition) is 4. The van der Waals surface area contributed by atoms with E-state index >= 15 is 0 Å². The Balaban J connectivity index is 2.05. The fraction of sp³-hybridized carbons (Fsp3) is 0.833. The summed E-state index contributed by atoms with van der Waals surface area (Å²) >= 11 is 0. The first-order valence-electron chi connectivity index (χ1n) is 6.56. The molecule has 0 aromatic heterocycles. The quantitative estimate of drug-likeness (QED) is 0.601. The van der Waals surface area contributed by atoms with E-state index in [0.717, 1.165) is 12.8 Å². The summed E-state index contributed by atoms with van der Waals surface area (Å²) in [6.07, 6.45) is 2.52. The van der Waals surface area contributed by atoms with Gasteiger partial charge in [0.15, 0.2) is 0 Å². The second kappa shape index (κ2) is 8.88. The molecule has 1 heterocycles. The first-order valence-corrected chi connectivity index (χ1v) is 6.56. The highest BCUT2D eigenvalue weighted by Crippen LogP contribution is 1.99. The molecule has 6 heteroatoms. The predicted molar refractivity (Wildman–Crippen MR) is 67.9 cm³/mol. The third-order valence-corrected chi connectivity index (χ3v) is 2.88. The maximum Gasteiger partial charge on any atom is 0.224 e. The molecule has 0 atom stereocenters. The van der Waals surface area contributed by atoms with E-state index in [1.54, 1.807) is 4.90 Å². The largest absolute Gasteiger partial charge is 0.378 e. The molecule has 0 unspecified atom stereocenters. The molecule has 0 aliphatic carbocycles. The van der Waals surface area contributed by atoms with Gasteiger partial charge in [0.2, 0.25) is 11.8 Å². The Bertz CT molecular complexity index is 265. The first kappa shape index (κ1) is 14.9. The molecule has 0 spiro atoms. The van der Waals surface area contributed by atoms with Crippen molar-refractivity contribution in [1.82, 2.24) is 10.2 Å². The van der Waals surface area contributed by atoms with Crippen molar-refractivity contribution in [2.45, 2.75) is 25.7 Å². The number of nitrogens with zero attached hydrogens (tertiary/aromatic N) is 1. The van der Waals surface area contributed by atoms with Crippen molar-refractivity contribution in [3.63, 3.8) is 0 Å². The maximum atomic E-state index is 11.7. The summed E-state index contributed by atoms with van der Waals surface area (Å²) in [4.78, 5) is 24.9. The number of carbonyl (C=O) groups excluding carboxylic acids is 2. The van der Waals surface area contributed by atoms with Gasteiger partial charge in [-0.25, -0.2) is 0 Å². The van der Waals surface area contributed by atoms with Crippen molar-refractivity contribution in [3.8, 4) is 0 Å². The Hall–Kier alpha value is -1.14. The maximum absolute atomic E-state index is 11.7. The van der Waals surface area contributed by atoms with E-state index in [0.29, 0.717) is 52.2 Å². The predicted octanol–water partition coefficient (Wildman–Crippen LogP) is -0.519. The van der Waals surface area contributed by atoms with Gasteiger partial charge in [-0.1, -0.05) is 0 Å². The highest BCUT2D eigenvalue weighted by atomic mass is 16.5. The van der Waals surface area contributed by atoms with Crippen molar-refractivity contribution in [2.75, 3.05) is 39.4 Å². The lowest BCUT2D eigenvalue weighted by atomic mass is 10.2. The molecule has 18 heavy (non-hydrogen) atoms. The molecule has 3 N–H and O–H groups in total. The summed E-state index contributed by atoms with van der Waals surface area (Å²) in [6.45, 7) is 3.56. The molecule has 2 amide bonds. The van der Waals surface area contributed by atoms with Gasteiger partial charge in [0.1, 0.15) is 0 Å². The molecule has 1 saturated heterocycles. The minimum Gasteiger partial charge on any atom is -0.378 e. The van der Waals surface area contributed by atoms with E-state index in [-0.39, 0.29) is 11.8 Å². The van der Waals surface area contributed by atoms with Crippen molar-refractivity contribution in [3.05, 3.63) is 0 Å². The van der Waals surface area contributed by atoms with Crippen molar-refractivity contribution >= 4 is 11.8 Å². The fourth-order valence-electron chi connectivity index (χ4n) is 1.80. The van der Waals surface area contributed by atoms with Crippen LogP contribution in [0.1, 0.15) is 25.7 Å². The van der Waals surface area contributed by atoms with Gasteiger partial charge in [0, 0.05) is 32.5 Å². The third kappa shape index (κ3) is 5.97. The Kier molecular flexibility index (Phi) is 7.36. The van der Waals surface area contributed by atoms with Gasteiger partial charge in [-0.3, -0.25) is 9.59 Å². The average Bonchev–Trinajstić information content (AvgIpc) is 2.40. The van der Waals surface area contributed by atoms with Gasteiger partial charge in [0.05, 0.1) is 13.2 Å². The van der Waals surface area contributed by atoms with Crippen LogP contribution in [0.4, 0.5) is 0 Å². The number of amides is 2. The Labute approximate surface area is 108 Å². The molecule has 0 bridgehead atoms. The molecule has 1 rings (SSSR count). The highest BCUT2D eigenvalue weighted by Gasteiger charge is 2.16. The van der Waals surface area contributed by atoms with Crippen LogP contribution >= 0.6 is 0 Å². The minimum atomic E-state index is -0.00164. The Morgan fingerprint density at radius 1 is 1.17 bits per heavy atom. The molecule has 1 aliphatic rings. The number of nitrogens with two attached hydrogens (primary N) is 1. The van der Waals surface area contributed by atoms with E-state index in [2.05, 4.69) is 5.32 Å². The van der Waals surface area contributed by atoms with Gasteiger partial charge in [-0.15, -0.1) is 0 Å². The fourth-order valence-corrected chi connectivity index (χ4v) is 1.80. The third-order valence-electron chi connectivity index (χ3n) is 2.88. The van der Waals surface area contributed by atoms with Crippen LogP contribution in [0.2, 0.25) is 0 Å². The molecule has 0 aromatic rings. The zero-order valence-electron chi connectivity index (χ0n) is 10.8. The lowest BCUT2D eigenvalue weighted by molar-refractivity contribution is -0.135. The first-order chi connectivity index (χ1) is 8.74. The zero-order valence-corrected chi connectivity index (χ0v) is 10.8. The Morgan fingerprint density at radius 3 is 2.56 bits per heavy atom. The molecule has 1 fully saturated rings. The molecule has 0 saturated carbocycles. The van der Waals surface area contributed by atoms with Crippen LogP contribution in [-0.2, 0) is 14.3 Å². The smallest absolute Gasteiger partial charge is 0.224 e. The molecule has 0 aromatic carbocycles. The van der Waals surface area contributed by atoms with E-state index < -0.39 is 0 Å². The van der Waals surface area contributed by atoms with Crippen LogP contribution in [0.15, 0.2) is 0 Å². The number of carbonyl (C=O) groups is 2. The summed E-state index contributed by atoms with van der Waals surface area (Å²) in [5.74, 6) is 0.0822. The van der Waals surface area contributed by atoms with Crippen LogP contribution in [-0.4, -0.2) is 56.1 Å². The molecule has 1 aliphatic heterocycles. The molecular weight excluding hydrogens is 234 g/mol. The van der Waals surface area contributed by atoms with Gasteiger partial charge in [-0.2, -0.15) is 0 Å². The van der Waals surface area contributed by atoms with Crippen LogP contribution in [0.5, 0.6) is 0 Å². The van der Waals surface area contributed by atoms with Gasteiger partial charge in [0.25, 0.3) is 0 Å². The molecule has 0 radical (unpaired) electrons. The van der Waals surface area contributed by atoms with Crippen LogP contribution in [0.3, 0.4) is 0 Å². The lowest BCUT2D eigenvalue weighted by Gasteiger charge is -2.26. The van der Waals surface area contributed by atoms with Crippen molar-refractivity contribution in [1.29, 1.82) is 0 Å². The number of morpholine rings is 1. The molecular formula is C12H23N3O3. The van der Waals surface area contributed by atoms with E-state index in [4.69, 9.17) is 10.5 Å². The lowest BCUT2D eigenvalue weighted by Crippen LogP contribution is -2.42. The standard InChI is InChI=1S/C12H23N3O3/c13-5-2-1-3-11(16)14-6-4-12(17)15-7-9-18-10-8-15/h1-10,13H2,(H,14,16). The molecule has 104 valence electrons. The second-order valence-corrected chi connectivity index (χ2v) is 4.34. The monoisotopic (exact) mass is 257 g/mol. The van der Waals surface area contributed by atoms with Crippen molar-refractivity contribution in [2.24, 2.45) is 5.73 Å². The SMILES string of the molecule is NCCCCC(=O)NCCC(=O)N1CCOCC1. The number of nitrogens with one attached hydrogen (secondary N) is 1. The topological polar surface area (TPSA) is 84.7 Å². The zero-order chi connectivity index (χ0) is 13.2. The normalized spacial score (nSPS) is 15.5. The van der Waals surface area contributed by atoms with Crippen LogP contribution in [0, 0.1) is 0 Å². The number of unbranched alkanes of at least 4 members (excludes halogenated alkanes) is 1. The van der Waals surface area contributed by atoms with Crippen LogP contribution in [0.25, 0.3) is 0 Å². The van der Waals surface area contributed by atoms with Gasteiger partial charge in [-0.05, 0) is 19.4 Å². The number of rotatable bonds is 7. The number of hydrogen-bond donors (Lipinski definition) is 2. The summed E-state index contributed by atoms with van der Waals surface area (Å²) in [7, 11) is 0. The summed E-state index contributed by atoms with van der Waals surface area (Å²) in [6, 6.07) is 0. The second-order valence-electron chi connectivity index (χ2n) is 4.34. The van der Waals surface area contributed by atoms with Crippen LogP contribution < -0.4 is 11.1 Å². The summed E-state index contributed by atoms with van der Waals surface area (Å²) in [5, 5.41) is 2.75. The summed E-state index contributed by atoms with van der Waals surface area (Å²) in [5.41, 5.74) is 5.35. The Morgan fingerprint density at radius 2 is 1.89 bits per heavy atom. The highest BCUT2D eigenvalue weighted by molar-refractivity contribution is 5.79. The summed E-state index contributed by atoms with van der Waals surface area (Å²) < 4.78 is 5.17. The minimum absolute atomic E-state index is 0.00164. The van der Waals surface area contributed by atoms with Gasteiger partial charge >= 0.3 is 0 Å². The van der Waals surface area contributed by atoms with Crippen molar-refractivity contribution < 1.29 is 14.3 Å². The van der Waals surface area contributed by atoms with E-state index in [9.17, 15) is 9.59 Å². The van der Waals surface area contributed by atoms with E-state index in [1.165, 1.54) is 0 Å². The van der Waals surface area contributed by atoms with Gasteiger partial charge < -0.3 is 20.7 Å². The molecule has 6 nitrogen and oxygen atoms in total.